The number of nitrogens with zero attached hydrogens (tertiary/aromatic N) is 1. The molecule has 7 heteroatoms. The van der Waals surface area contributed by atoms with E-state index in [0.717, 1.165) is 11.1 Å². The summed E-state index contributed by atoms with van der Waals surface area (Å²) in [6.07, 6.45) is 0. The number of thioether (sulfide) groups is 1. The number of nitrogens with one attached hydrogen (secondary N) is 1. The Morgan fingerprint density at radius 2 is 1.63 bits per heavy atom. The second-order valence-corrected chi connectivity index (χ2v) is 9.32. The maximum absolute atomic E-state index is 13.1. The molecule has 0 spiro atoms. The van der Waals surface area contributed by atoms with E-state index in [4.69, 9.17) is 23.2 Å². The third-order valence-electron chi connectivity index (χ3n) is 4.58. The molecule has 0 saturated heterocycles. The topological polar surface area (TPSA) is 49.4 Å². The van der Waals surface area contributed by atoms with E-state index in [1.807, 2.05) is 44.2 Å². The van der Waals surface area contributed by atoms with Crippen molar-refractivity contribution in [3.8, 4) is 0 Å². The second kappa shape index (κ2) is 12.2. The van der Waals surface area contributed by atoms with Gasteiger partial charge in [0.25, 0.3) is 0 Å². The summed E-state index contributed by atoms with van der Waals surface area (Å²) in [5, 5.41) is 4.10. The summed E-state index contributed by atoms with van der Waals surface area (Å²) in [5.74, 6) is 0.856. The third kappa shape index (κ3) is 7.53. The number of halogens is 2. The van der Waals surface area contributed by atoms with Gasteiger partial charge < -0.3 is 10.2 Å². The Bertz CT molecular complexity index is 826. The molecule has 2 amide bonds. The van der Waals surface area contributed by atoms with Crippen molar-refractivity contribution in [2.45, 2.75) is 39.1 Å². The molecule has 0 unspecified atom stereocenters. The summed E-state index contributed by atoms with van der Waals surface area (Å²) in [6, 6.07) is 14.5. The van der Waals surface area contributed by atoms with Crippen LogP contribution >= 0.6 is 35.0 Å². The van der Waals surface area contributed by atoms with Crippen molar-refractivity contribution in [1.82, 2.24) is 10.2 Å². The van der Waals surface area contributed by atoms with Gasteiger partial charge in [0, 0.05) is 28.9 Å². The van der Waals surface area contributed by atoms with E-state index in [1.54, 1.807) is 30.0 Å². The Morgan fingerprint density at radius 1 is 1.00 bits per heavy atom. The Kier molecular flexibility index (Phi) is 10.0. The monoisotopic (exact) mass is 466 g/mol. The SMILES string of the molecule is CC(C)CNC(=O)[C@@H](C)N(Cc1ccccc1)C(=O)CSCc1c(Cl)cccc1Cl. The van der Waals surface area contributed by atoms with Crippen LogP contribution in [0.5, 0.6) is 0 Å². The zero-order valence-corrected chi connectivity index (χ0v) is 19.9. The Labute approximate surface area is 193 Å². The molecule has 0 bridgehead atoms. The van der Waals surface area contributed by atoms with Gasteiger partial charge in [0.1, 0.15) is 6.04 Å². The number of benzene rings is 2. The van der Waals surface area contributed by atoms with Crippen molar-refractivity contribution < 1.29 is 9.59 Å². The van der Waals surface area contributed by atoms with Crippen LogP contribution in [0.3, 0.4) is 0 Å². The average Bonchev–Trinajstić information content (AvgIpc) is 2.72. The van der Waals surface area contributed by atoms with Crippen LogP contribution in [-0.4, -0.2) is 35.1 Å². The van der Waals surface area contributed by atoms with Gasteiger partial charge in [-0.25, -0.2) is 0 Å². The smallest absolute Gasteiger partial charge is 0.242 e. The molecule has 162 valence electrons. The average molecular weight is 467 g/mol. The van der Waals surface area contributed by atoms with Crippen molar-refractivity contribution >= 4 is 46.8 Å². The lowest BCUT2D eigenvalue weighted by Crippen LogP contribution is -2.48. The van der Waals surface area contributed by atoms with Gasteiger partial charge in [0.2, 0.25) is 11.8 Å². The molecule has 2 aromatic carbocycles. The fraction of sp³-hybridized carbons (Fsp3) is 0.391. The molecule has 2 rings (SSSR count). The van der Waals surface area contributed by atoms with Crippen LogP contribution in [0.1, 0.15) is 31.9 Å². The Balaban J connectivity index is 2.06. The highest BCUT2D eigenvalue weighted by molar-refractivity contribution is 7.99. The van der Waals surface area contributed by atoms with Crippen LogP contribution in [0.2, 0.25) is 10.0 Å². The zero-order chi connectivity index (χ0) is 22.1. The lowest BCUT2D eigenvalue weighted by atomic mass is 10.1. The summed E-state index contributed by atoms with van der Waals surface area (Å²) >= 11 is 13.9. The highest BCUT2D eigenvalue weighted by atomic mass is 35.5. The number of carbonyl (C=O) groups is 2. The van der Waals surface area contributed by atoms with E-state index >= 15 is 0 Å². The standard InChI is InChI=1S/C23H28Cl2N2O2S/c1-16(2)12-26-23(29)17(3)27(13-18-8-5-4-6-9-18)22(28)15-30-14-19-20(24)10-7-11-21(19)25/h4-11,16-17H,12-15H2,1-3H3,(H,26,29)/t17-/m1/s1. The van der Waals surface area contributed by atoms with E-state index in [-0.39, 0.29) is 17.6 Å². The molecule has 0 aromatic heterocycles. The van der Waals surface area contributed by atoms with Crippen molar-refractivity contribution in [2.24, 2.45) is 5.92 Å². The van der Waals surface area contributed by atoms with Gasteiger partial charge in [-0.3, -0.25) is 9.59 Å². The van der Waals surface area contributed by atoms with Crippen molar-refractivity contribution in [1.29, 1.82) is 0 Å². The van der Waals surface area contributed by atoms with Gasteiger partial charge in [-0.1, -0.05) is 73.4 Å². The van der Waals surface area contributed by atoms with E-state index in [0.29, 0.717) is 34.8 Å². The minimum atomic E-state index is -0.569. The van der Waals surface area contributed by atoms with Crippen LogP contribution < -0.4 is 5.32 Å². The van der Waals surface area contributed by atoms with E-state index in [2.05, 4.69) is 5.32 Å². The highest BCUT2D eigenvalue weighted by Gasteiger charge is 2.26. The summed E-state index contributed by atoms with van der Waals surface area (Å²) in [7, 11) is 0. The highest BCUT2D eigenvalue weighted by Crippen LogP contribution is 2.28. The first-order chi connectivity index (χ1) is 14.3. The molecule has 0 aliphatic heterocycles. The molecule has 0 aliphatic carbocycles. The first-order valence-electron chi connectivity index (χ1n) is 9.91. The maximum atomic E-state index is 13.1. The van der Waals surface area contributed by atoms with Crippen molar-refractivity contribution in [3.63, 3.8) is 0 Å². The summed E-state index contributed by atoms with van der Waals surface area (Å²) in [5.41, 5.74) is 1.80. The van der Waals surface area contributed by atoms with Gasteiger partial charge in [-0.2, -0.15) is 0 Å². The molecule has 30 heavy (non-hydrogen) atoms. The summed E-state index contributed by atoms with van der Waals surface area (Å²) < 4.78 is 0. The molecule has 0 aliphatic rings. The van der Waals surface area contributed by atoms with Gasteiger partial charge in [-0.15, -0.1) is 11.8 Å². The molecular formula is C23H28Cl2N2O2S. The molecule has 0 fully saturated rings. The fourth-order valence-electron chi connectivity index (χ4n) is 2.81. The largest absolute Gasteiger partial charge is 0.354 e. The van der Waals surface area contributed by atoms with E-state index < -0.39 is 6.04 Å². The number of rotatable bonds is 10. The predicted octanol–water partition coefficient (Wildman–Crippen LogP) is 5.42. The summed E-state index contributed by atoms with van der Waals surface area (Å²) in [6.45, 7) is 6.80. The molecular weight excluding hydrogens is 439 g/mol. The number of amides is 2. The first-order valence-corrected chi connectivity index (χ1v) is 11.8. The van der Waals surface area contributed by atoms with Gasteiger partial charge in [0.15, 0.2) is 0 Å². The molecule has 1 atom stereocenters. The van der Waals surface area contributed by atoms with E-state index in [9.17, 15) is 9.59 Å². The lowest BCUT2D eigenvalue weighted by molar-refractivity contribution is -0.138. The Morgan fingerprint density at radius 3 is 2.23 bits per heavy atom. The maximum Gasteiger partial charge on any atom is 0.242 e. The molecule has 2 aromatic rings. The lowest BCUT2D eigenvalue weighted by Gasteiger charge is -2.29. The second-order valence-electron chi connectivity index (χ2n) is 7.52. The molecule has 0 radical (unpaired) electrons. The van der Waals surface area contributed by atoms with Gasteiger partial charge in [-0.05, 0) is 36.1 Å². The van der Waals surface area contributed by atoms with Crippen LogP contribution in [0.15, 0.2) is 48.5 Å². The van der Waals surface area contributed by atoms with Crippen LogP contribution in [0, 0.1) is 5.92 Å². The van der Waals surface area contributed by atoms with Crippen LogP contribution in [-0.2, 0) is 21.9 Å². The summed E-state index contributed by atoms with van der Waals surface area (Å²) in [4.78, 5) is 27.3. The normalized spacial score (nSPS) is 11.9. The first kappa shape index (κ1) is 24.6. The quantitative estimate of drug-likeness (QED) is 0.508. The van der Waals surface area contributed by atoms with Crippen LogP contribution in [0.25, 0.3) is 0 Å². The predicted molar refractivity (Wildman–Crippen MR) is 127 cm³/mol. The van der Waals surface area contributed by atoms with Crippen molar-refractivity contribution in [3.05, 3.63) is 69.7 Å². The Hall–Kier alpha value is -1.69. The zero-order valence-electron chi connectivity index (χ0n) is 17.5. The fourth-order valence-corrected chi connectivity index (χ4v) is 4.46. The molecule has 0 saturated carbocycles. The minimum Gasteiger partial charge on any atom is -0.354 e. The van der Waals surface area contributed by atoms with Gasteiger partial charge >= 0.3 is 0 Å². The number of carbonyl (C=O) groups excluding carboxylic acids is 2. The minimum absolute atomic E-state index is 0.0979. The van der Waals surface area contributed by atoms with E-state index in [1.165, 1.54) is 11.8 Å². The number of hydrogen-bond donors (Lipinski definition) is 1. The third-order valence-corrected chi connectivity index (χ3v) is 6.23. The molecule has 4 nitrogen and oxygen atoms in total. The molecule has 1 N–H and O–H groups in total. The number of hydrogen-bond acceptors (Lipinski definition) is 3. The van der Waals surface area contributed by atoms with Gasteiger partial charge in [0.05, 0.1) is 5.75 Å². The van der Waals surface area contributed by atoms with Crippen LogP contribution in [0.4, 0.5) is 0 Å². The van der Waals surface area contributed by atoms with Crippen molar-refractivity contribution in [2.75, 3.05) is 12.3 Å². The molecule has 0 heterocycles.